The number of hydrogen-bond donors (Lipinski definition) is 0. The summed E-state index contributed by atoms with van der Waals surface area (Å²) in [5.74, 6) is -0.314. The highest BCUT2D eigenvalue weighted by atomic mass is 35.5. The number of pyridine rings is 1. The molecule has 0 N–H and O–H groups in total. The molecule has 4 heteroatoms. The molecule has 0 aliphatic carbocycles. The van der Waals surface area contributed by atoms with Gasteiger partial charge in [-0.2, -0.15) is 0 Å². The van der Waals surface area contributed by atoms with Crippen molar-refractivity contribution in [3.05, 3.63) is 23.6 Å². The van der Waals surface area contributed by atoms with Gasteiger partial charge in [-0.25, -0.2) is 9.37 Å². The maximum Gasteiger partial charge on any atom is 0.251 e. The lowest BCUT2D eigenvalue weighted by atomic mass is 10.1. The highest BCUT2D eigenvalue weighted by Gasteiger charge is 2.20. The second kappa shape index (κ2) is 4.79. The topological polar surface area (TPSA) is 22.1 Å². The van der Waals surface area contributed by atoms with Gasteiger partial charge in [-0.05, 0) is 26.3 Å². The van der Waals surface area contributed by atoms with E-state index in [1.807, 2.05) is 20.8 Å². The van der Waals surface area contributed by atoms with Crippen LogP contribution in [0.4, 0.5) is 4.39 Å². The Kier molecular flexibility index (Phi) is 3.91. The van der Waals surface area contributed by atoms with Crippen molar-refractivity contribution < 1.29 is 9.13 Å². The van der Waals surface area contributed by atoms with Gasteiger partial charge in [0, 0.05) is 11.8 Å². The van der Waals surface area contributed by atoms with Crippen LogP contribution >= 0.6 is 11.6 Å². The molecule has 84 valence electrons. The van der Waals surface area contributed by atoms with Gasteiger partial charge in [-0.15, -0.1) is 11.6 Å². The van der Waals surface area contributed by atoms with E-state index in [-0.39, 0.29) is 11.8 Å². The fourth-order valence-corrected chi connectivity index (χ4v) is 1.18. The molecular formula is C11H15ClFNO. The number of ether oxygens (including phenoxy) is 1. The first-order valence-corrected chi connectivity index (χ1v) is 5.42. The first kappa shape index (κ1) is 12.2. The van der Waals surface area contributed by atoms with Crippen LogP contribution in [0.15, 0.2) is 12.3 Å². The van der Waals surface area contributed by atoms with Gasteiger partial charge in [0.15, 0.2) is 5.82 Å². The summed E-state index contributed by atoms with van der Waals surface area (Å²) in [5.41, 5.74) is -0.00717. The third kappa shape index (κ3) is 3.06. The highest BCUT2D eigenvalue weighted by Crippen LogP contribution is 2.24. The number of hydrogen-bond acceptors (Lipinski definition) is 2. The van der Waals surface area contributed by atoms with E-state index in [9.17, 15) is 4.39 Å². The van der Waals surface area contributed by atoms with E-state index in [0.717, 1.165) is 6.42 Å². The van der Waals surface area contributed by atoms with Crippen LogP contribution in [-0.4, -0.2) is 10.6 Å². The predicted molar refractivity (Wildman–Crippen MR) is 58.8 cm³/mol. The van der Waals surface area contributed by atoms with Crippen molar-refractivity contribution in [1.29, 1.82) is 0 Å². The molecule has 1 aromatic rings. The molecule has 0 fully saturated rings. The van der Waals surface area contributed by atoms with Crippen molar-refractivity contribution >= 4 is 11.6 Å². The Morgan fingerprint density at radius 2 is 2.20 bits per heavy atom. The van der Waals surface area contributed by atoms with Crippen LogP contribution in [0.1, 0.15) is 32.8 Å². The first-order valence-electron chi connectivity index (χ1n) is 4.88. The molecular weight excluding hydrogens is 217 g/mol. The number of nitrogens with zero attached hydrogens (tertiary/aromatic N) is 1. The molecule has 1 aromatic heterocycles. The molecule has 1 heterocycles. The van der Waals surface area contributed by atoms with Crippen LogP contribution in [0.5, 0.6) is 5.88 Å². The summed E-state index contributed by atoms with van der Waals surface area (Å²) in [7, 11) is 0. The second-order valence-corrected chi connectivity index (χ2v) is 4.21. The van der Waals surface area contributed by atoms with Gasteiger partial charge in [0.25, 0.3) is 5.88 Å². The zero-order valence-corrected chi connectivity index (χ0v) is 9.94. The molecule has 0 bridgehead atoms. The quantitative estimate of drug-likeness (QED) is 0.740. The number of halogens is 2. The fourth-order valence-electron chi connectivity index (χ4n) is 0.970. The summed E-state index contributed by atoms with van der Waals surface area (Å²) in [6.45, 7) is 5.76. The predicted octanol–water partition coefficient (Wildman–Crippen LogP) is 3.53. The number of alkyl halides is 1. The van der Waals surface area contributed by atoms with Crippen molar-refractivity contribution in [2.24, 2.45) is 0 Å². The Bertz CT molecular complexity index is 341. The lowest BCUT2D eigenvalue weighted by molar-refractivity contribution is 0.0927. The molecule has 0 saturated heterocycles. The van der Waals surface area contributed by atoms with Gasteiger partial charge in [-0.3, -0.25) is 0 Å². The van der Waals surface area contributed by atoms with Crippen LogP contribution < -0.4 is 4.74 Å². The van der Waals surface area contributed by atoms with Crippen LogP contribution in [0.2, 0.25) is 0 Å². The van der Waals surface area contributed by atoms with Crippen LogP contribution in [0.3, 0.4) is 0 Å². The minimum Gasteiger partial charge on any atom is -0.470 e. The van der Waals surface area contributed by atoms with Crippen molar-refractivity contribution in [2.75, 3.05) is 0 Å². The Labute approximate surface area is 94.4 Å². The molecule has 2 nitrogen and oxygen atoms in total. The summed E-state index contributed by atoms with van der Waals surface area (Å²) in [5, 5.41) is 0. The summed E-state index contributed by atoms with van der Waals surface area (Å²) in [6, 6.07) is 1.55. The Hall–Kier alpha value is -0.830. The van der Waals surface area contributed by atoms with E-state index >= 15 is 0 Å². The smallest absolute Gasteiger partial charge is 0.251 e. The van der Waals surface area contributed by atoms with Gasteiger partial charge in [-0.1, -0.05) is 6.92 Å². The molecule has 0 aromatic carbocycles. The van der Waals surface area contributed by atoms with Crippen molar-refractivity contribution in [1.82, 2.24) is 4.98 Å². The lowest BCUT2D eigenvalue weighted by Crippen LogP contribution is -2.27. The maximum absolute atomic E-state index is 13.7. The average molecular weight is 232 g/mol. The zero-order valence-electron chi connectivity index (χ0n) is 9.18. The summed E-state index contributed by atoms with van der Waals surface area (Å²) in [4.78, 5) is 3.86. The van der Waals surface area contributed by atoms with Crippen molar-refractivity contribution in [2.45, 2.75) is 38.7 Å². The molecule has 0 radical (unpaired) electrons. The van der Waals surface area contributed by atoms with Crippen LogP contribution in [0.25, 0.3) is 0 Å². The average Bonchev–Trinajstić information content (AvgIpc) is 2.21. The second-order valence-electron chi connectivity index (χ2n) is 3.94. The maximum atomic E-state index is 13.7. The molecule has 0 spiro atoms. The zero-order chi connectivity index (χ0) is 11.5. The summed E-state index contributed by atoms with van der Waals surface area (Å²) < 4.78 is 19.1. The summed E-state index contributed by atoms with van der Waals surface area (Å²) in [6.07, 6.45) is 2.28. The van der Waals surface area contributed by atoms with Crippen molar-refractivity contribution in [3.8, 4) is 5.88 Å². The minimum absolute atomic E-state index is 0.0278. The van der Waals surface area contributed by atoms with Gasteiger partial charge < -0.3 is 4.74 Å². The van der Waals surface area contributed by atoms with E-state index in [4.69, 9.17) is 16.3 Å². The van der Waals surface area contributed by atoms with E-state index in [1.165, 1.54) is 6.20 Å². The van der Waals surface area contributed by atoms with Crippen molar-refractivity contribution in [3.63, 3.8) is 0 Å². The molecule has 0 unspecified atom stereocenters. The Morgan fingerprint density at radius 3 is 2.73 bits per heavy atom. The molecule has 0 amide bonds. The Balaban J connectivity index is 2.95. The molecule has 0 aliphatic rings. The highest BCUT2D eigenvalue weighted by molar-refractivity contribution is 6.17. The third-order valence-electron chi connectivity index (χ3n) is 2.31. The van der Waals surface area contributed by atoms with Gasteiger partial charge in [0.05, 0.1) is 5.88 Å². The molecule has 1 rings (SSSR count). The van der Waals surface area contributed by atoms with E-state index in [0.29, 0.717) is 5.56 Å². The molecule has 15 heavy (non-hydrogen) atoms. The molecule has 0 atom stereocenters. The number of rotatable bonds is 4. The molecule has 0 aliphatic heterocycles. The number of aromatic nitrogens is 1. The minimum atomic E-state index is -0.464. The van der Waals surface area contributed by atoms with Gasteiger partial charge >= 0.3 is 0 Å². The van der Waals surface area contributed by atoms with E-state index in [2.05, 4.69) is 4.98 Å². The first-order chi connectivity index (χ1) is 7.00. The van der Waals surface area contributed by atoms with Gasteiger partial charge in [0.1, 0.15) is 5.60 Å². The summed E-state index contributed by atoms with van der Waals surface area (Å²) >= 11 is 5.59. The monoisotopic (exact) mass is 231 g/mol. The van der Waals surface area contributed by atoms with Crippen LogP contribution in [0, 0.1) is 5.82 Å². The largest absolute Gasteiger partial charge is 0.470 e. The Morgan fingerprint density at radius 1 is 1.53 bits per heavy atom. The normalized spacial score (nSPS) is 11.5. The fraction of sp³-hybridized carbons (Fsp3) is 0.545. The third-order valence-corrected chi connectivity index (χ3v) is 2.59. The lowest BCUT2D eigenvalue weighted by Gasteiger charge is -2.24. The SMILES string of the molecule is CCC(C)(C)Oc1nccc(CCl)c1F. The van der Waals surface area contributed by atoms with E-state index < -0.39 is 11.4 Å². The standard InChI is InChI=1S/C11H15ClFNO/c1-4-11(2,3)15-10-9(13)8(7-12)5-6-14-10/h5-6H,4,7H2,1-3H3. The van der Waals surface area contributed by atoms with Crippen LogP contribution in [-0.2, 0) is 5.88 Å². The van der Waals surface area contributed by atoms with Gasteiger partial charge in [0.2, 0.25) is 0 Å². The van der Waals surface area contributed by atoms with E-state index in [1.54, 1.807) is 6.07 Å². The molecule has 0 saturated carbocycles.